The molecular weight excluding hydrogens is 210 g/mol. The number of rotatable bonds is 2. The van der Waals surface area contributed by atoms with Gasteiger partial charge in [-0.1, -0.05) is 36.4 Å². The lowest BCUT2D eigenvalue weighted by Gasteiger charge is -2.27. The fraction of sp³-hybridized carbons (Fsp3) is 0.200. The van der Waals surface area contributed by atoms with Crippen LogP contribution in [-0.2, 0) is 0 Å². The number of fused-ring (bicyclic) bond motifs is 2. The summed E-state index contributed by atoms with van der Waals surface area (Å²) in [7, 11) is 0. The van der Waals surface area contributed by atoms with Crippen LogP contribution in [0, 0.1) is 0 Å². The van der Waals surface area contributed by atoms with Crippen molar-refractivity contribution in [2.75, 3.05) is 6.54 Å². The molecule has 0 radical (unpaired) electrons. The summed E-state index contributed by atoms with van der Waals surface area (Å²) >= 11 is 0. The molecule has 2 aromatic carbocycles. The van der Waals surface area contributed by atoms with Gasteiger partial charge in [0.2, 0.25) is 0 Å². The molecule has 0 saturated heterocycles. The number of ether oxygens (including phenoxy) is 1. The Labute approximate surface area is 101 Å². The highest BCUT2D eigenvalue weighted by atomic mass is 16.5. The average Bonchev–Trinajstić information content (AvgIpc) is 2.39. The van der Waals surface area contributed by atoms with E-state index in [0.717, 1.165) is 24.5 Å². The molecule has 1 aliphatic heterocycles. The zero-order valence-electron chi connectivity index (χ0n) is 9.73. The Morgan fingerprint density at radius 3 is 1.94 bits per heavy atom. The Morgan fingerprint density at radius 1 is 0.882 bits per heavy atom. The molecule has 0 fully saturated rings. The SMILES string of the molecule is [NH3+]CCC1c2ccccc2Oc2ccccc21. The second-order valence-corrected chi connectivity index (χ2v) is 4.37. The Bertz CT molecular complexity index is 490. The van der Waals surface area contributed by atoms with Crippen molar-refractivity contribution in [2.45, 2.75) is 12.3 Å². The molecule has 2 heteroatoms. The first-order chi connectivity index (χ1) is 8.40. The zero-order valence-corrected chi connectivity index (χ0v) is 9.73. The minimum absolute atomic E-state index is 0.425. The zero-order chi connectivity index (χ0) is 11.7. The van der Waals surface area contributed by atoms with Gasteiger partial charge in [-0.3, -0.25) is 0 Å². The standard InChI is InChI=1S/C15H15NO/c16-10-9-11-12-5-1-3-7-14(12)17-15-8-4-2-6-13(11)15/h1-8,11H,9-10,16H2/p+1. The fourth-order valence-corrected chi connectivity index (χ4v) is 2.52. The third-order valence-corrected chi connectivity index (χ3v) is 3.30. The van der Waals surface area contributed by atoms with E-state index in [1.807, 2.05) is 24.3 Å². The normalized spacial score (nSPS) is 13.7. The van der Waals surface area contributed by atoms with Gasteiger partial charge in [0, 0.05) is 23.5 Å². The molecule has 0 aromatic heterocycles. The van der Waals surface area contributed by atoms with Crippen LogP contribution in [-0.4, -0.2) is 6.54 Å². The molecule has 3 N–H and O–H groups in total. The van der Waals surface area contributed by atoms with Crippen molar-refractivity contribution in [3.8, 4) is 11.5 Å². The first-order valence-corrected chi connectivity index (χ1v) is 6.05. The van der Waals surface area contributed by atoms with E-state index in [1.54, 1.807) is 0 Å². The minimum atomic E-state index is 0.425. The largest absolute Gasteiger partial charge is 0.457 e. The van der Waals surface area contributed by atoms with Crippen molar-refractivity contribution in [3.05, 3.63) is 59.7 Å². The summed E-state index contributed by atoms with van der Waals surface area (Å²) in [4.78, 5) is 0. The topological polar surface area (TPSA) is 36.9 Å². The van der Waals surface area contributed by atoms with Gasteiger partial charge in [0.25, 0.3) is 0 Å². The van der Waals surface area contributed by atoms with Gasteiger partial charge in [-0.15, -0.1) is 0 Å². The van der Waals surface area contributed by atoms with E-state index < -0.39 is 0 Å². The predicted octanol–water partition coefficient (Wildman–Crippen LogP) is 2.56. The maximum absolute atomic E-state index is 5.93. The molecule has 0 unspecified atom stereocenters. The molecule has 0 amide bonds. The van der Waals surface area contributed by atoms with Crippen molar-refractivity contribution < 1.29 is 10.5 Å². The number of benzene rings is 2. The highest BCUT2D eigenvalue weighted by Gasteiger charge is 2.26. The fourth-order valence-electron chi connectivity index (χ4n) is 2.52. The van der Waals surface area contributed by atoms with E-state index in [0.29, 0.717) is 5.92 Å². The van der Waals surface area contributed by atoms with Crippen LogP contribution in [0.3, 0.4) is 0 Å². The highest BCUT2D eigenvalue weighted by Crippen LogP contribution is 2.44. The first-order valence-electron chi connectivity index (χ1n) is 6.05. The third-order valence-electron chi connectivity index (χ3n) is 3.30. The van der Waals surface area contributed by atoms with Crippen LogP contribution in [0.2, 0.25) is 0 Å². The molecular formula is C15H16NO+. The van der Waals surface area contributed by atoms with Gasteiger partial charge in [0.05, 0.1) is 6.54 Å². The number of para-hydroxylation sites is 2. The van der Waals surface area contributed by atoms with Gasteiger partial charge in [-0.05, 0) is 12.1 Å². The van der Waals surface area contributed by atoms with Crippen molar-refractivity contribution in [3.63, 3.8) is 0 Å². The van der Waals surface area contributed by atoms with E-state index in [2.05, 4.69) is 30.0 Å². The van der Waals surface area contributed by atoms with Gasteiger partial charge in [0.1, 0.15) is 11.5 Å². The Kier molecular flexibility index (Phi) is 2.57. The maximum atomic E-state index is 5.93. The number of hydrogen-bond donors (Lipinski definition) is 1. The summed E-state index contributed by atoms with van der Waals surface area (Å²) in [5, 5.41) is 0. The molecule has 86 valence electrons. The second-order valence-electron chi connectivity index (χ2n) is 4.37. The van der Waals surface area contributed by atoms with Crippen molar-refractivity contribution >= 4 is 0 Å². The molecule has 17 heavy (non-hydrogen) atoms. The van der Waals surface area contributed by atoms with Crippen LogP contribution in [0.4, 0.5) is 0 Å². The van der Waals surface area contributed by atoms with E-state index in [4.69, 9.17) is 4.74 Å². The molecule has 0 atom stereocenters. The van der Waals surface area contributed by atoms with Crippen LogP contribution in [0.1, 0.15) is 23.5 Å². The maximum Gasteiger partial charge on any atom is 0.131 e. The van der Waals surface area contributed by atoms with Gasteiger partial charge in [-0.25, -0.2) is 0 Å². The second kappa shape index (κ2) is 4.22. The van der Waals surface area contributed by atoms with E-state index in [1.165, 1.54) is 11.1 Å². The first kappa shape index (κ1) is 10.4. The smallest absolute Gasteiger partial charge is 0.131 e. The lowest BCUT2D eigenvalue weighted by Crippen LogP contribution is -2.50. The summed E-state index contributed by atoms with van der Waals surface area (Å²) in [6, 6.07) is 16.6. The predicted molar refractivity (Wildman–Crippen MR) is 67.2 cm³/mol. The van der Waals surface area contributed by atoms with Crippen molar-refractivity contribution in [2.24, 2.45) is 0 Å². The van der Waals surface area contributed by atoms with Crippen LogP contribution >= 0.6 is 0 Å². The Balaban J connectivity index is 2.13. The average molecular weight is 226 g/mol. The molecule has 0 saturated carbocycles. The molecule has 3 rings (SSSR count). The molecule has 0 spiro atoms. The number of hydrogen-bond acceptors (Lipinski definition) is 1. The summed E-state index contributed by atoms with van der Waals surface area (Å²) in [6.45, 7) is 0.938. The monoisotopic (exact) mass is 226 g/mol. The van der Waals surface area contributed by atoms with Crippen molar-refractivity contribution in [1.29, 1.82) is 0 Å². The Hall–Kier alpha value is -1.80. The van der Waals surface area contributed by atoms with E-state index in [9.17, 15) is 0 Å². The minimum Gasteiger partial charge on any atom is -0.457 e. The molecule has 2 aromatic rings. The molecule has 1 heterocycles. The summed E-state index contributed by atoms with van der Waals surface area (Å²) < 4.78 is 5.93. The summed E-state index contributed by atoms with van der Waals surface area (Å²) in [6.07, 6.45) is 1.07. The Morgan fingerprint density at radius 2 is 1.41 bits per heavy atom. The molecule has 1 aliphatic rings. The number of quaternary nitrogens is 1. The van der Waals surface area contributed by atoms with Crippen LogP contribution in [0.15, 0.2) is 48.5 Å². The van der Waals surface area contributed by atoms with Crippen LogP contribution in [0.5, 0.6) is 11.5 Å². The molecule has 0 bridgehead atoms. The highest BCUT2D eigenvalue weighted by molar-refractivity contribution is 5.53. The lowest BCUT2D eigenvalue weighted by atomic mass is 9.86. The molecule has 2 nitrogen and oxygen atoms in total. The summed E-state index contributed by atoms with van der Waals surface area (Å²) in [5.74, 6) is 2.41. The third kappa shape index (κ3) is 1.71. The van der Waals surface area contributed by atoms with Gasteiger partial charge in [0.15, 0.2) is 0 Å². The van der Waals surface area contributed by atoms with Crippen molar-refractivity contribution in [1.82, 2.24) is 0 Å². The van der Waals surface area contributed by atoms with Gasteiger partial charge in [-0.2, -0.15) is 0 Å². The quantitative estimate of drug-likeness (QED) is 0.839. The van der Waals surface area contributed by atoms with Crippen LogP contribution in [0.25, 0.3) is 0 Å². The van der Waals surface area contributed by atoms with E-state index in [-0.39, 0.29) is 0 Å². The van der Waals surface area contributed by atoms with E-state index >= 15 is 0 Å². The van der Waals surface area contributed by atoms with Gasteiger partial charge >= 0.3 is 0 Å². The molecule has 0 aliphatic carbocycles. The van der Waals surface area contributed by atoms with Gasteiger partial charge < -0.3 is 10.5 Å². The lowest BCUT2D eigenvalue weighted by molar-refractivity contribution is -0.368. The summed E-state index contributed by atoms with van der Waals surface area (Å²) in [5.41, 5.74) is 6.56. The van der Waals surface area contributed by atoms with Crippen LogP contribution < -0.4 is 10.5 Å².